The van der Waals surface area contributed by atoms with Gasteiger partial charge in [-0.15, -0.1) is 11.3 Å². The maximum absolute atomic E-state index is 12.1. The highest BCUT2D eigenvalue weighted by Crippen LogP contribution is 2.19. The van der Waals surface area contributed by atoms with Gasteiger partial charge >= 0.3 is 5.97 Å². The van der Waals surface area contributed by atoms with Crippen LogP contribution in [0.4, 0.5) is 0 Å². The largest absolute Gasteiger partial charge is 0.459 e. The average molecular weight is 394 g/mol. The van der Waals surface area contributed by atoms with Gasteiger partial charge in [-0.05, 0) is 30.5 Å². The Morgan fingerprint density at radius 1 is 1.25 bits per heavy atom. The van der Waals surface area contributed by atoms with E-state index < -0.39 is 5.97 Å². The summed E-state index contributed by atoms with van der Waals surface area (Å²) in [6.07, 6.45) is 0.0391. The Balaban J connectivity index is 1.60. The highest BCUT2D eigenvalue weighted by Gasteiger charge is 2.18. The van der Waals surface area contributed by atoms with E-state index in [1.807, 2.05) is 35.7 Å². The topological polar surface area (TPSA) is 97.0 Å². The molecule has 0 spiro atoms. The van der Waals surface area contributed by atoms with Crippen LogP contribution in [0, 0.1) is 18.3 Å². The normalized spacial score (nSPS) is 10.3. The summed E-state index contributed by atoms with van der Waals surface area (Å²) in [4.78, 5) is 24.5. The molecule has 8 heteroatoms. The Morgan fingerprint density at radius 3 is 2.71 bits per heavy atom. The van der Waals surface area contributed by atoms with Crippen LogP contribution in [0.3, 0.4) is 0 Å². The number of aromatic nitrogens is 2. The van der Waals surface area contributed by atoms with Gasteiger partial charge in [0.1, 0.15) is 18.2 Å². The highest BCUT2D eigenvalue weighted by atomic mass is 32.1. The third-order valence-corrected chi connectivity index (χ3v) is 4.87. The molecule has 0 aliphatic rings. The van der Waals surface area contributed by atoms with Gasteiger partial charge in [-0.2, -0.15) is 10.4 Å². The number of amides is 1. The molecule has 1 amide bonds. The number of para-hydroxylation sites is 1. The number of esters is 1. The zero-order chi connectivity index (χ0) is 19.9. The minimum Gasteiger partial charge on any atom is -0.459 e. The summed E-state index contributed by atoms with van der Waals surface area (Å²) in [5.41, 5.74) is 2.26. The number of carbonyl (C=O) groups excluding carboxylic acids is 2. The second kappa shape index (κ2) is 8.97. The van der Waals surface area contributed by atoms with Crippen LogP contribution in [0.25, 0.3) is 5.69 Å². The molecule has 0 unspecified atom stereocenters. The standard InChI is InChI=1S/C20H18N4O3S/c1-14-16(12-21)17(24(23-14)15-6-3-2-4-7-15)13-27-19(25)9-10-22-20(26)18-8-5-11-28-18/h2-8,11H,9-10,13H2,1H3,(H,22,26). The van der Waals surface area contributed by atoms with Crippen molar-refractivity contribution in [1.82, 2.24) is 15.1 Å². The lowest BCUT2D eigenvalue weighted by atomic mass is 10.2. The van der Waals surface area contributed by atoms with E-state index in [0.29, 0.717) is 21.8 Å². The van der Waals surface area contributed by atoms with E-state index >= 15 is 0 Å². The summed E-state index contributed by atoms with van der Waals surface area (Å²) in [5.74, 6) is -0.679. The van der Waals surface area contributed by atoms with Gasteiger partial charge in [0.05, 0.1) is 28.4 Å². The van der Waals surface area contributed by atoms with Crippen LogP contribution in [0.15, 0.2) is 47.8 Å². The Kier molecular flexibility index (Phi) is 6.19. The minimum atomic E-state index is -0.464. The van der Waals surface area contributed by atoms with E-state index in [-0.39, 0.29) is 25.5 Å². The smallest absolute Gasteiger partial charge is 0.307 e. The van der Waals surface area contributed by atoms with E-state index in [1.165, 1.54) is 11.3 Å². The first-order valence-electron chi connectivity index (χ1n) is 8.61. The quantitative estimate of drug-likeness (QED) is 0.622. The first-order chi connectivity index (χ1) is 13.6. The van der Waals surface area contributed by atoms with Gasteiger partial charge in [0.25, 0.3) is 5.91 Å². The van der Waals surface area contributed by atoms with Crippen LogP contribution in [-0.4, -0.2) is 28.2 Å². The maximum Gasteiger partial charge on any atom is 0.307 e. The fourth-order valence-corrected chi connectivity index (χ4v) is 3.27. The van der Waals surface area contributed by atoms with E-state index in [4.69, 9.17) is 4.74 Å². The number of rotatable bonds is 7. The van der Waals surface area contributed by atoms with E-state index in [2.05, 4.69) is 16.5 Å². The molecule has 0 fully saturated rings. The number of aryl methyl sites for hydroxylation is 1. The molecule has 1 N–H and O–H groups in total. The molecule has 2 aromatic heterocycles. The molecule has 142 valence electrons. The van der Waals surface area contributed by atoms with Crippen molar-refractivity contribution >= 4 is 23.2 Å². The summed E-state index contributed by atoms with van der Waals surface area (Å²) in [6, 6.07) is 15.0. The second-order valence-corrected chi connectivity index (χ2v) is 6.86. The third-order valence-electron chi connectivity index (χ3n) is 4.00. The number of hydrogen-bond donors (Lipinski definition) is 1. The summed E-state index contributed by atoms with van der Waals surface area (Å²) in [6.45, 7) is 1.84. The zero-order valence-corrected chi connectivity index (χ0v) is 16.0. The van der Waals surface area contributed by atoms with Gasteiger partial charge in [-0.1, -0.05) is 24.3 Å². The minimum absolute atomic E-state index is 0.0391. The Morgan fingerprint density at radius 2 is 2.04 bits per heavy atom. The predicted molar refractivity (Wildman–Crippen MR) is 104 cm³/mol. The molecule has 0 saturated carbocycles. The molecule has 2 heterocycles. The van der Waals surface area contributed by atoms with E-state index in [0.717, 1.165) is 5.69 Å². The SMILES string of the molecule is Cc1nn(-c2ccccc2)c(COC(=O)CCNC(=O)c2cccs2)c1C#N. The fraction of sp³-hybridized carbons (Fsp3) is 0.200. The summed E-state index contributed by atoms with van der Waals surface area (Å²) in [5, 5.41) is 18.3. The summed E-state index contributed by atoms with van der Waals surface area (Å²) < 4.78 is 6.93. The second-order valence-electron chi connectivity index (χ2n) is 5.91. The summed E-state index contributed by atoms with van der Waals surface area (Å²) >= 11 is 1.33. The van der Waals surface area contributed by atoms with Crippen molar-refractivity contribution in [3.05, 3.63) is 69.7 Å². The van der Waals surface area contributed by atoms with Gasteiger partial charge in [-0.25, -0.2) is 4.68 Å². The van der Waals surface area contributed by atoms with Crippen molar-refractivity contribution in [2.24, 2.45) is 0 Å². The summed E-state index contributed by atoms with van der Waals surface area (Å²) in [7, 11) is 0. The van der Waals surface area contributed by atoms with Crippen molar-refractivity contribution in [3.8, 4) is 11.8 Å². The molecule has 0 atom stereocenters. The monoisotopic (exact) mass is 394 g/mol. The van der Waals surface area contributed by atoms with Crippen LogP contribution in [0.2, 0.25) is 0 Å². The Hall–Kier alpha value is -3.44. The Labute approximate surface area is 166 Å². The number of hydrogen-bond acceptors (Lipinski definition) is 6. The fourth-order valence-electron chi connectivity index (χ4n) is 2.63. The highest BCUT2D eigenvalue weighted by molar-refractivity contribution is 7.12. The molecular weight excluding hydrogens is 376 g/mol. The van der Waals surface area contributed by atoms with Crippen LogP contribution < -0.4 is 5.32 Å². The molecule has 3 aromatic rings. The molecule has 7 nitrogen and oxygen atoms in total. The first kappa shape index (κ1) is 19.3. The predicted octanol–water partition coefficient (Wildman–Crippen LogP) is 2.98. The third kappa shape index (κ3) is 4.45. The van der Waals surface area contributed by atoms with Crippen LogP contribution >= 0.6 is 11.3 Å². The van der Waals surface area contributed by atoms with Gasteiger partial charge in [0, 0.05) is 6.54 Å². The molecular formula is C20H18N4O3S. The van der Waals surface area contributed by atoms with Gasteiger partial charge in [-0.3, -0.25) is 9.59 Å². The number of thiophene rings is 1. The number of ether oxygens (including phenoxy) is 1. The van der Waals surface area contributed by atoms with Crippen molar-refractivity contribution in [1.29, 1.82) is 5.26 Å². The number of nitriles is 1. The number of benzene rings is 1. The molecule has 0 aliphatic heterocycles. The molecule has 0 radical (unpaired) electrons. The lowest BCUT2D eigenvalue weighted by molar-refractivity contribution is -0.144. The molecule has 1 aromatic carbocycles. The van der Waals surface area contributed by atoms with Gasteiger partial charge < -0.3 is 10.1 Å². The molecule has 28 heavy (non-hydrogen) atoms. The van der Waals surface area contributed by atoms with Crippen molar-refractivity contribution in [3.63, 3.8) is 0 Å². The van der Waals surface area contributed by atoms with E-state index in [1.54, 1.807) is 23.7 Å². The zero-order valence-electron chi connectivity index (χ0n) is 15.2. The number of nitrogens with one attached hydrogen (secondary N) is 1. The van der Waals surface area contributed by atoms with Crippen LogP contribution in [-0.2, 0) is 16.1 Å². The van der Waals surface area contributed by atoms with Crippen LogP contribution in [0.1, 0.15) is 33.0 Å². The Bertz CT molecular complexity index is 1000. The van der Waals surface area contributed by atoms with Gasteiger partial charge in [0.2, 0.25) is 0 Å². The maximum atomic E-state index is 12.1. The van der Waals surface area contributed by atoms with E-state index in [9.17, 15) is 14.9 Å². The molecule has 0 aliphatic carbocycles. The average Bonchev–Trinajstić information content (AvgIpc) is 3.35. The number of nitrogens with zero attached hydrogens (tertiary/aromatic N) is 3. The molecule has 3 rings (SSSR count). The lowest BCUT2D eigenvalue weighted by Crippen LogP contribution is -2.25. The van der Waals surface area contributed by atoms with Crippen molar-refractivity contribution < 1.29 is 14.3 Å². The molecule has 0 saturated heterocycles. The van der Waals surface area contributed by atoms with Crippen LogP contribution in [0.5, 0.6) is 0 Å². The lowest BCUT2D eigenvalue weighted by Gasteiger charge is -2.09. The van der Waals surface area contributed by atoms with Gasteiger partial charge in [0.15, 0.2) is 0 Å². The number of carbonyl (C=O) groups is 2. The van der Waals surface area contributed by atoms with Crippen molar-refractivity contribution in [2.45, 2.75) is 20.0 Å². The van der Waals surface area contributed by atoms with Crippen molar-refractivity contribution in [2.75, 3.05) is 6.54 Å². The first-order valence-corrected chi connectivity index (χ1v) is 9.49. The molecule has 0 bridgehead atoms.